The maximum atomic E-state index is 13.5. The Labute approximate surface area is 174 Å². The van der Waals surface area contributed by atoms with E-state index in [2.05, 4.69) is 20.2 Å². The monoisotopic (exact) mass is 423 g/mol. The van der Waals surface area contributed by atoms with Gasteiger partial charge in [-0.15, -0.1) is 0 Å². The predicted molar refractivity (Wildman–Crippen MR) is 108 cm³/mol. The first-order valence-electron chi connectivity index (χ1n) is 10.1. The van der Waals surface area contributed by atoms with Gasteiger partial charge < -0.3 is 15.2 Å². The third-order valence-corrected chi connectivity index (χ3v) is 5.82. The van der Waals surface area contributed by atoms with Crippen molar-refractivity contribution >= 4 is 6.03 Å². The molecule has 164 valence electrons. The number of H-pyrrole nitrogens is 1. The van der Waals surface area contributed by atoms with Crippen LogP contribution in [0.5, 0.6) is 0 Å². The average Bonchev–Trinajstić information content (AvgIpc) is 3.24. The van der Waals surface area contributed by atoms with Crippen LogP contribution >= 0.6 is 0 Å². The smallest absolute Gasteiger partial charge is 0.347 e. The maximum Gasteiger partial charge on any atom is 0.416 e. The van der Waals surface area contributed by atoms with E-state index in [1.807, 2.05) is 11.8 Å². The molecular weight excluding hydrogens is 395 g/mol. The van der Waals surface area contributed by atoms with Crippen LogP contribution in [-0.4, -0.2) is 58.5 Å². The molecule has 1 atom stereocenters. The van der Waals surface area contributed by atoms with Gasteiger partial charge in [0.15, 0.2) is 0 Å². The summed E-state index contributed by atoms with van der Waals surface area (Å²) in [5, 5.41) is 2.67. The van der Waals surface area contributed by atoms with Crippen molar-refractivity contribution in [1.29, 1.82) is 0 Å². The Kier molecular flexibility index (Phi) is 6.70. The summed E-state index contributed by atoms with van der Waals surface area (Å²) in [6.07, 6.45) is 0.305. The number of amides is 2. The Hall–Kier alpha value is -2.55. The van der Waals surface area contributed by atoms with Crippen molar-refractivity contribution in [3.05, 3.63) is 53.1 Å². The topological polar surface area (TPSA) is 64.3 Å². The minimum absolute atomic E-state index is 0.102. The van der Waals surface area contributed by atoms with Crippen LogP contribution < -0.4 is 5.32 Å². The molecule has 0 aliphatic carbocycles. The zero-order valence-electron chi connectivity index (χ0n) is 17.5. The number of benzene rings is 1. The molecule has 2 aromatic rings. The summed E-state index contributed by atoms with van der Waals surface area (Å²) in [4.78, 5) is 23.2. The lowest BCUT2D eigenvalue weighted by Gasteiger charge is -2.41. The van der Waals surface area contributed by atoms with Crippen LogP contribution in [0.4, 0.5) is 18.0 Å². The lowest BCUT2D eigenvalue weighted by atomic mass is 9.94. The number of imidazole rings is 1. The molecule has 9 heteroatoms. The summed E-state index contributed by atoms with van der Waals surface area (Å²) in [5.41, 5.74) is 0.923. The van der Waals surface area contributed by atoms with Crippen LogP contribution in [0.15, 0.2) is 30.7 Å². The lowest BCUT2D eigenvalue weighted by Crippen LogP contribution is -2.50. The number of likely N-dealkylation sites (tertiary alicyclic amines) is 1. The van der Waals surface area contributed by atoms with Crippen molar-refractivity contribution in [1.82, 2.24) is 25.1 Å². The van der Waals surface area contributed by atoms with Gasteiger partial charge in [0.2, 0.25) is 0 Å². The molecule has 1 saturated heterocycles. The Morgan fingerprint density at radius 3 is 2.60 bits per heavy atom. The standard InChI is InChI=1S/C21H28F3N5O/c1-4-29(20(30)25-3)16-7-9-28(10-8-16)19(18-12-26-13-27-18)15-6-5-14(2)17(11-15)21(22,23)24/h5-6,11-13,16,19H,4,7-10H2,1-3H3,(H,25,30)(H,26,27). The minimum Gasteiger partial charge on any atom is -0.347 e. The molecular formula is C21H28F3N5O. The summed E-state index contributed by atoms with van der Waals surface area (Å²) in [6.45, 7) is 5.36. The number of aromatic nitrogens is 2. The van der Waals surface area contributed by atoms with E-state index < -0.39 is 11.7 Å². The number of hydrogen-bond donors (Lipinski definition) is 2. The quantitative estimate of drug-likeness (QED) is 0.765. The van der Waals surface area contributed by atoms with E-state index in [1.54, 1.807) is 25.6 Å². The number of piperidine rings is 1. The molecule has 3 rings (SSSR count). The fourth-order valence-corrected chi connectivity index (χ4v) is 4.29. The summed E-state index contributed by atoms with van der Waals surface area (Å²) in [5.74, 6) is 0. The number of hydrogen-bond acceptors (Lipinski definition) is 3. The van der Waals surface area contributed by atoms with Gasteiger partial charge in [-0.25, -0.2) is 9.78 Å². The predicted octanol–water partition coefficient (Wildman–Crippen LogP) is 3.95. The maximum absolute atomic E-state index is 13.5. The van der Waals surface area contributed by atoms with Crippen LogP contribution in [0.3, 0.4) is 0 Å². The average molecular weight is 423 g/mol. The normalized spacial score (nSPS) is 17.0. The number of urea groups is 1. The van der Waals surface area contributed by atoms with Gasteiger partial charge in [-0.05, 0) is 43.9 Å². The van der Waals surface area contributed by atoms with Crippen molar-refractivity contribution in [2.24, 2.45) is 0 Å². The molecule has 2 heterocycles. The van der Waals surface area contributed by atoms with Gasteiger partial charge >= 0.3 is 12.2 Å². The van der Waals surface area contributed by atoms with Gasteiger partial charge in [0.25, 0.3) is 0 Å². The molecule has 1 aromatic heterocycles. The molecule has 0 saturated carbocycles. The van der Waals surface area contributed by atoms with Crippen molar-refractivity contribution in [3.63, 3.8) is 0 Å². The molecule has 30 heavy (non-hydrogen) atoms. The number of carbonyl (C=O) groups excluding carboxylic acids is 1. The highest BCUT2D eigenvalue weighted by Gasteiger charge is 2.35. The molecule has 1 fully saturated rings. The van der Waals surface area contributed by atoms with Crippen LogP contribution in [0.1, 0.15) is 48.2 Å². The fourth-order valence-electron chi connectivity index (χ4n) is 4.29. The molecule has 2 amide bonds. The highest BCUT2D eigenvalue weighted by molar-refractivity contribution is 5.74. The zero-order chi connectivity index (χ0) is 21.9. The molecule has 2 N–H and O–H groups in total. The molecule has 0 radical (unpaired) electrons. The lowest BCUT2D eigenvalue weighted by molar-refractivity contribution is -0.138. The van der Waals surface area contributed by atoms with E-state index in [0.29, 0.717) is 25.2 Å². The number of aromatic amines is 1. The Bertz CT molecular complexity index is 845. The van der Waals surface area contributed by atoms with Crippen molar-refractivity contribution < 1.29 is 18.0 Å². The molecule has 1 aromatic carbocycles. The minimum atomic E-state index is -4.40. The largest absolute Gasteiger partial charge is 0.416 e. The number of carbonyl (C=O) groups is 1. The van der Waals surface area contributed by atoms with Crippen molar-refractivity contribution in [2.45, 2.75) is 44.9 Å². The third-order valence-electron chi connectivity index (χ3n) is 5.82. The molecule has 0 bridgehead atoms. The second-order valence-corrected chi connectivity index (χ2v) is 7.59. The van der Waals surface area contributed by atoms with E-state index in [0.717, 1.165) is 18.5 Å². The summed E-state index contributed by atoms with van der Waals surface area (Å²) in [6, 6.07) is 4.18. The van der Waals surface area contributed by atoms with Gasteiger partial charge in [0.05, 0.1) is 23.6 Å². The number of nitrogens with zero attached hydrogens (tertiary/aromatic N) is 3. The Morgan fingerprint density at radius 1 is 1.37 bits per heavy atom. The Balaban J connectivity index is 1.86. The molecule has 1 unspecified atom stereocenters. The molecule has 0 spiro atoms. The van der Waals surface area contributed by atoms with E-state index in [-0.39, 0.29) is 23.7 Å². The first kappa shape index (κ1) is 22.1. The highest BCUT2D eigenvalue weighted by atomic mass is 19.4. The van der Waals surface area contributed by atoms with Crippen molar-refractivity contribution in [2.75, 3.05) is 26.7 Å². The van der Waals surface area contributed by atoms with Gasteiger partial charge in [-0.2, -0.15) is 13.2 Å². The molecule has 1 aliphatic rings. The summed E-state index contributed by atoms with van der Waals surface area (Å²) >= 11 is 0. The number of alkyl halides is 3. The van der Waals surface area contributed by atoms with E-state index >= 15 is 0 Å². The highest BCUT2D eigenvalue weighted by Crippen LogP contribution is 2.37. The number of rotatable bonds is 5. The van der Waals surface area contributed by atoms with Gasteiger partial charge in [-0.1, -0.05) is 12.1 Å². The van der Waals surface area contributed by atoms with Crippen LogP contribution in [-0.2, 0) is 6.18 Å². The van der Waals surface area contributed by atoms with Gasteiger partial charge in [0, 0.05) is 38.9 Å². The van der Waals surface area contributed by atoms with Gasteiger partial charge in [-0.3, -0.25) is 4.90 Å². The van der Waals surface area contributed by atoms with Gasteiger partial charge in [0.1, 0.15) is 0 Å². The van der Waals surface area contributed by atoms with Crippen molar-refractivity contribution in [3.8, 4) is 0 Å². The first-order chi connectivity index (χ1) is 14.3. The SMILES string of the molecule is CCN(C(=O)NC)C1CCN(C(c2ccc(C)c(C(F)(F)F)c2)c2cnc[nH]2)CC1. The van der Waals surface area contributed by atoms with E-state index in [9.17, 15) is 18.0 Å². The number of halogens is 3. The number of nitrogens with one attached hydrogen (secondary N) is 2. The second-order valence-electron chi connectivity index (χ2n) is 7.59. The number of aryl methyl sites for hydroxylation is 1. The van der Waals surface area contributed by atoms with Crippen LogP contribution in [0, 0.1) is 6.92 Å². The van der Waals surface area contributed by atoms with Crippen LogP contribution in [0.2, 0.25) is 0 Å². The van der Waals surface area contributed by atoms with E-state index in [1.165, 1.54) is 19.1 Å². The summed E-state index contributed by atoms with van der Waals surface area (Å²) < 4.78 is 40.5. The zero-order valence-corrected chi connectivity index (χ0v) is 17.5. The molecule has 1 aliphatic heterocycles. The molecule has 6 nitrogen and oxygen atoms in total. The Morgan fingerprint density at radius 2 is 2.07 bits per heavy atom. The van der Waals surface area contributed by atoms with Crippen LogP contribution in [0.25, 0.3) is 0 Å². The summed E-state index contributed by atoms with van der Waals surface area (Å²) in [7, 11) is 1.62. The first-order valence-corrected chi connectivity index (χ1v) is 10.1. The second kappa shape index (κ2) is 9.07. The fraction of sp³-hybridized carbons (Fsp3) is 0.524. The third kappa shape index (κ3) is 4.61. The van der Waals surface area contributed by atoms with E-state index in [4.69, 9.17) is 0 Å².